The van der Waals surface area contributed by atoms with Gasteiger partial charge in [-0.05, 0) is 11.1 Å². The monoisotopic (exact) mass is 242 g/mol. The van der Waals surface area contributed by atoms with Crippen molar-refractivity contribution in [3.05, 3.63) is 71.8 Å². The molecule has 0 spiro atoms. The smallest absolute Gasteiger partial charge is 0.306 e. The summed E-state index contributed by atoms with van der Waals surface area (Å²) in [7, 11) is 0. The minimum atomic E-state index is -1.49. The number of benzene rings is 2. The minimum Gasteiger partial charge on any atom is -0.481 e. The molecule has 2 aromatic rings. The van der Waals surface area contributed by atoms with Crippen LogP contribution >= 0.6 is 0 Å². The van der Waals surface area contributed by atoms with E-state index in [0.717, 1.165) is 0 Å². The summed E-state index contributed by atoms with van der Waals surface area (Å²) in [5.41, 5.74) is -0.328. The molecule has 0 saturated heterocycles. The molecule has 0 unspecified atom stereocenters. The van der Waals surface area contributed by atoms with Crippen molar-refractivity contribution in [2.45, 2.75) is 12.0 Å². The summed E-state index contributed by atoms with van der Waals surface area (Å²) < 4.78 is 0. The fourth-order valence-electron chi connectivity index (χ4n) is 2.02. The number of aliphatic carboxylic acids is 1. The van der Waals surface area contributed by atoms with E-state index in [0.29, 0.717) is 11.1 Å². The van der Waals surface area contributed by atoms with E-state index in [9.17, 15) is 9.90 Å². The van der Waals surface area contributed by atoms with Crippen LogP contribution in [0.15, 0.2) is 60.7 Å². The second-order valence-corrected chi connectivity index (χ2v) is 4.16. The third kappa shape index (κ3) is 2.41. The molecular weight excluding hydrogens is 228 g/mol. The topological polar surface area (TPSA) is 57.5 Å². The zero-order valence-corrected chi connectivity index (χ0v) is 9.78. The van der Waals surface area contributed by atoms with Crippen molar-refractivity contribution in [2.24, 2.45) is 0 Å². The minimum absolute atomic E-state index is 0.360. The Morgan fingerprint density at radius 2 is 1.28 bits per heavy atom. The van der Waals surface area contributed by atoms with Crippen molar-refractivity contribution in [2.75, 3.05) is 0 Å². The Morgan fingerprint density at radius 3 is 1.61 bits per heavy atom. The van der Waals surface area contributed by atoms with Crippen LogP contribution in [0, 0.1) is 0 Å². The average Bonchev–Trinajstić information content (AvgIpc) is 2.40. The summed E-state index contributed by atoms with van der Waals surface area (Å²) in [6.45, 7) is 0. The highest BCUT2D eigenvalue weighted by Gasteiger charge is 2.33. The van der Waals surface area contributed by atoms with Crippen LogP contribution in [0.1, 0.15) is 17.5 Å². The van der Waals surface area contributed by atoms with E-state index in [1.54, 1.807) is 48.5 Å². The van der Waals surface area contributed by atoms with Crippen molar-refractivity contribution in [3.63, 3.8) is 0 Å². The van der Waals surface area contributed by atoms with Crippen LogP contribution in [0.4, 0.5) is 0 Å². The molecule has 0 fully saturated rings. The van der Waals surface area contributed by atoms with Crippen LogP contribution in [0.3, 0.4) is 0 Å². The number of hydrogen-bond donors (Lipinski definition) is 2. The van der Waals surface area contributed by atoms with Crippen LogP contribution in [-0.2, 0) is 10.4 Å². The Hall–Kier alpha value is -2.13. The SMILES string of the molecule is O=C(O)CC(O)(c1ccccc1)c1ccccc1. The molecule has 0 aromatic heterocycles. The highest BCUT2D eigenvalue weighted by molar-refractivity contribution is 5.69. The number of carbonyl (C=O) groups is 1. The molecule has 0 bridgehead atoms. The molecule has 0 aliphatic heterocycles. The lowest BCUT2D eigenvalue weighted by Gasteiger charge is -2.27. The van der Waals surface area contributed by atoms with Crippen LogP contribution in [0.25, 0.3) is 0 Å². The maximum Gasteiger partial charge on any atom is 0.306 e. The predicted molar refractivity (Wildman–Crippen MR) is 68.1 cm³/mol. The molecule has 0 radical (unpaired) electrons. The van der Waals surface area contributed by atoms with Crippen LogP contribution < -0.4 is 0 Å². The van der Waals surface area contributed by atoms with Gasteiger partial charge in [-0.2, -0.15) is 0 Å². The fraction of sp³-hybridized carbons (Fsp3) is 0.133. The van der Waals surface area contributed by atoms with Crippen LogP contribution in [0.5, 0.6) is 0 Å². The summed E-state index contributed by atoms with van der Waals surface area (Å²) in [6.07, 6.45) is -0.360. The van der Waals surface area contributed by atoms with Crippen LogP contribution in [0.2, 0.25) is 0 Å². The maximum absolute atomic E-state index is 11.0. The van der Waals surface area contributed by atoms with Gasteiger partial charge >= 0.3 is 5.97 Å². The molecule has 0 atom stereocenters. The molecule has 3 heteroatoms. The van der Waals surface area contributed by atoms with Gasteiger partial charge < -0.3 is 10.2 Å². The first-order valence-electron chi connectivity index (χ1n) is 5.68. The van der Waals surface area contributed by atoms with Gasteiger partial charge in [-0.1, -0.05) is 60.7 Å². The quantitative estimate of drug-likeness (QED) is 0.865. The number of aliphatic hydroxyl groups is 1. The Morgan fingerprint density at radius 1 is 0.889 bits per heavy atom. The van der Waals surface area contributed by atoms with Gasteiger partial charge in [0.15, 0.2) is 0 Å². The molecule has 0 heterocycles. The van der Waals surface area contributed by atoms with Gasteiger partial charge in [0.1, 0.15) is 5.60 Å². The first kappa shape index (κ1) is 12.3. The van der Waals surface area contributed by atoms with E-state index in [1.165, 1.54) is 0 Å². The second-order valence-electron chi connectivity index (χ2n) is 4.16. The lowest BCUT2D eigenvalue weighted by atomic mass is 9.84. The van der Waals surface area contributed by atoms with Crippen molar-refractivity contribution in [3.8, 4) is 0 Å². The third-order valence-electron chi connectivity index (χ3n) is 2.91. The Labute approximate surface area is 105 Å². The Kier molecular flexibility index (Phi) is 3.44. The van der Waals surface area contributed by atoms with E-state index in [4.69, 9.17) is 5.11 Å². The Bertz CT molecular complexity index is 480. The van der Waals surface area contributed by atoms with Crippen molar-refractivity contribution in [1.82, 2.24) is 0 Å². The van der Waals surface area contributed by atoms with Gasteiger partial charge in [0.2, 0.25) is 0 Å². The Balaban J connectivity index is 2.51. The third-order valence-corrected chi connectivity index (χ3v) is 2.91. The zero-order valence-electron chi connectivity index (χ0n) is 9.78. The van der Waals surface area contributed by atoms with Crippen LogP contribution in [-0.4, -0.2) is 16.2 Å². The summed E-state index contributed by atoms with van der Waals surface area (Å²) in [5, 5.41) is 19.8. The average molecular weight is 242 g/mol. The molecule has 2 N–H and O–H groups in total. The summed E-state index contributed by atoms with van der Waals surface area (Å²) >= 11 is 0. The molecule has 3 nitrogen and oxygen atoms in total. The van der Waals surface area contributed by atoms with Gasteiger partial charge in [-0.25, -0.2) is 0 Å². The van der Waals surface area contributed by atoms with Crippen molar-refractivity contribution < 1.29 is 15.0 Å². The number of carboxylic acid groups (broad SMARTS) is 1. The van der Waals surface area contributed by atoms with E-state index in [1.807, 2.05) is 12.1 Å². The molecule has 2 aromatic carbocycles. The lowest BCUT2D eigenvalue weighted by molar-refractivity contribution is -0.141. The molecule has 0 saturated carbocycles. The van der Waals surface area contributed by atoms with Gasteiger partial charge in [0.05, 0.1) is 6.42 Å². The van der Waals surface area contributed by atoms with E-state index < -0.39 is 11.6 Å². The van der Waals surface area contributed by atoms with E-state index in [-0.39, 0.29) is 6.42 Å². The number of rotatable bonds is 4. The molecule has 0 aliphatic carbocycles. The first-order chi connectivity index (χ1) is 8.63. The lowest BCUT2D eigenvalue weighted by Crippen LogP contribution is -2.30. The van der Waals surface area contributed by atoms with Crippen molar-refractivity contribution in [1.29, 1.82) is 0 Å². The largest absolute Gasteiger partial charge is 0.481 e. The van der Waals surface area contributed by atoms with E-state index >= 15 is 0 Å². The van der Waals surface area contributed by atoms with Gasteiger partial charge in [0.25, 0.3) is 0 Å². The molecule has 18 heavy (non-hydrogen) atoms. The second kappa shape index (κ2) is 5.02. The number of carboxylic acids is 1. The summed E-state index contributed by atoms with van der Waals surface area (Å²) in [6, 6.07) is 17.7. The normalized spacial score (nSPS) is 11.2. The van der Waals surface area contributed by atoms with Gasteiger partial charge in [-0.15, -0.1) is 0 Å². The highest BCUT2D eigenvalue weighted by Crippen LogP contribution is 2.32. The molecule has 0 aliphatic rings. The maximum atomic E-state index is 11.0. The van der Waals surface area contributed by atoms with Gasteiger partial charge in [-0.3, -0.25) is 4.79 Å². The standard InChI is InChI=1S/C15H14O3/c16-14(17)11-15(18,12-7-3-1-4-8-12)13-9-5-2-6-10-13/h1-10,18H,11H2,(H,16,17). The summed E-state index contributed by atoms with van der Waals surface area (Å²) in [4.78, 5) is 11.0. The van der Waals surface area contributed by atoms with E-state index in [2.05, 4.69) is 0 Å². The number of hydrogen-bond acceptors (Lipinski definition) is 2. The predicted octanol–water partition coefficient (Wildman–Crippen LogP) is 2.40. The van der Waals surface area contributed by atoms with Gasteiger partial charge in [0, 0.05) is 0 Å². The molecular formula is C15H14O3. The molecule has 2 rings (SSSR count). The molecule has 92 valence electrons. The fourth-order valence-corrected chi connectivity index (χ4v) is 2.02. The first-order valence-corrected chi connectivity index (χ1v) is 5.68. The highest BCUT2D eigenvalue weighted by atomic mass is 16.4. The summed E-state index contributed by atoms with van der Waals surface area (Å²) in [5.74, 6) is -1.04. The van der Waals surface area contributed by atoms with Crippen molar-refractivity contribution >= 4 is 5.97 Å². The molecule has 0 amide bonds. The zero-order chi connectivity index (χ0) is 13.0.